The van der Waals surface area contributed by atoms with Gasteiger partial charge in [-0.25, -0.2) is 0 Å². The van der Waals surface area contributed by atoms with E-state index in [2.05, 4.69) is 15.5 Å². The molecule has 0 fully saturated rings. The van der Waals surface area contributed by atoms with Crippen molar-refractivity contribution in [3.05, 3.63) is 40.0 Å². The summed E-state index contributed by atoms with van der Waals surface area (Å²) in [4.78, 5) is 0.256. The second-order valence-electron chi connectivity index (χ2n) is 4.47. The van der Waals surface area contributed by atoms with E-state index in [1.165, 1.54) is 0 Å². The molecule has 1 aromatic heterocycles. The van der Waals surface area contributed by atoms with E-state index in [-0.39, 0.29) is 4.99 Å². The fourth-order valence-corrected chi connectivity index (χ4v) is 2.27. The Morgan fingerprint density at radius 2 is 2.05 bits per heavy atom. The van der Waals surface area contributed by atoms with Gasteiger partial charge in [0, 0.05) is 6.07 Å². The van der Waals surface area contributed by atoms with Crippen LogP contribution in [0.2, 0.25) is 5.02 Å². The van der Waals surface area contributed by atoms with Gasteiger partial charge in [-0.3, -0.25) is 0 Å². The number of rotatable bonds is 4. The first-order valence-corrected chi connectivity index (χ1v) is 6.97. The third kappa shape index (κ3) is 3.22. The van der Waals surface area contributed by atoms with Crippen LogP contribution in [0.25, 0.3) is 0 Å². The summed E-state index contributed by atoms with van der Waals surface area (Å²) in [7, 11) is 1.59. The van der Waals surface area contributed by atoms with E-state index in [1.807, 2.05) is 13.8 Å². The number of aryl methyl sites for hydroxylation is 1. The molecule has 3 N–H and O–H groups in total. The van der Waals surface area contributed by atoms with Crippen molar-refractivity contribution in [2.45, 2.75) is 13.8 Å². The average molecular weight is 323 g/mol. The molecule has 7 heteroatoms. The quantitative estimate of drug-likeness (QED) is 0.842. The summed E-state index contributed by atoms with van der Waals surface area (Å²) in [5, 5.41) is 11.9. The minimum Gasteiger partial charge on any atom is -0.497 e. The van der Waals surface area contributed by atoms with Gasteiger partial charge in [-0.15, -0.1) is 5.10 Å². The minimum absolute atomic E-state index is 0.256. The number of thiocarbonyl (C=S) groups is 1. The molecule has 5 nitrogen and oxygen atoms in total. The van der Waals surface area contributed by atoms with Crippen LogP contribution in [0.1, 0.15) is 16.8 Å². The van der Waals surface area contributed by atoms with E-state index >= 15 is 0 Å². The van der Waals surface area contributed by atoms with Crippen molar-refractivity contribution in [1.82, 2.24) is 10.2 Å². The van der Waals surface area contributed by atoms with Gasteiger partial charge in [-0.05, 0) is 31.5 Å². The Kier molecular flexibility index (Phi) is 4.59. The lowest BCUT2D eigenvalue weighted by atomic mass is 10.1. The molecule has 0 atom stereocenters. The minimum atomic E-state index is 0.256. The normalized spacial score (nSPS) is 10.3. The predicted molar refractivity (Wildman–Crippen MR) is 88.7 cm³/mol. The Morgan fingerprint density at radius 1 is 1.33 bits per heavy atom. The smallest absolute Gasteiger partial charge is 0.163 e. The van der Waals surface area contributed by atoms with Crippen LogP contribution >= 0.6 is 23.8 Å². The first-order valence-electron chi connectivity index (χ1n) is 6.18. The van der Waals surface area contributed by atoms with Crippen molar-refractivity contribution < 1.29 is 4.74 Å². The molecule has 0 spiro atoms. The Labute approximate surface area is 133 Å². The molecular weight excluding hydrogens is 308 g/mol. The highest BCUT2D eigenvalue weighted by Crippen LogP contribution is 2.30. The lowest BCUT2D eigenvalue weighted by Gasteiger charge is -2.14. The average Bonchev–Trinajstić information content (AvgIpc) is 2.45. The number of ether oxygens (including phenoxy) is 1. The topological polar surface area (TPSA) is 73.1 Å². The van der Waals surface area contributed by atoms with Gasteiger partial charge in [0.2, 0.25) is 0 Å². The monoisotopic (exact) mass is 322 g/mol. The van der Waals surface area contributed by atoms with Gasteiger partial charge >= 0.3 is 0 Å². The fourth-order valence-electron chi connectivity index (χ4n) is 1.85. The molecule has 2 rings (SSSR count). The third-order valence-electron chi connectivity index (χ3n) is 3.13. The number of hydrogen-bond acceptors (Lipinski definition) is 5. The first-order chi connectivity index (χ1) is 9.93. The Morgan fingerprint density at radius 3 is 2.67 bits per heavy atom. The molecule has 2 aromatic rings. The van der Waals surface area contributed by atoms with E-state index in [0.29, 0.717) is 27.8 Å². The molecule has 1 heterocycles. The molecule has 0 amide bonds. The number of nitrogens with zero attached hydrogens (tertiary/aromatic N) is 2. The second kappa shape index (κ2) is 6.24. The molecule has 0 unspecified atom stereocenters. The Bertz CT molecular complexity index is 706. The molecule has 0 saturated carbocycles. The van der Waals surface area contributed by atoms with Crippen molar-refractivity contribution in [2.24, 2.45) is 5.73 Å². The molecular formula is C14H15ClN4OS. The molecule has 0 radical (unpaired) electrons. The largest absolute Gasteiger partial charge is 0.497 e. The van der Waals surface area contributed by atoms with Gasteiger partial charge in [0.15, 0.2) is 5.82 Å². The van der Waals surface area contributed by atoms with Crippen LogP contribution in [0.15, 0.2) is 18.2 Å². The number of halogens is 1. The van der Waals surface area contributed by atoms with Gasteiger partial charge in [-0.1, -0.05) is 23.8 Å². The molecule has 0 saturated heterocycles. The SMILES string of the molecule is COc1ccc(Cl)c(Nc2nnc(C)c(C)c2C(N)=S)c1. The van der Waals surface area contributed by atoms with Gasteiger partial charge in [0.1, 0.15) is 10.7 Å². The highest BCUT2D eigenvalue weighted by atomic mass is 35.5. The number of aromatic nitrogens is 2. The van der Waals surface area contributed by atoms with Gasteiger partial charge < -0.3 is 15.8 Å². The molecule has 0 aliphatic rings. The molecule has 21 heavy (non-hydrogen) atoms. The number of nitrogens with two attached hydrogens (primary N) is 1. The summed E-state index contributed by atoms with van der Waals surface area (Å²) < 4.78 is 5.18. The van der Waals surface area contributed by atoms with E-state index in [9.17, 15) is 0 Å². The number of nitrogens with one attached hydrogen (secondary N) is 1. The van der Waals surface area contributed by atoms with Crippen LogP contribution in [0.3, 0.4) is 0 Å². The first kappa shape index (κ1) is 15.5. The van der Waals surface area contributed by atoms with E-state index in [4.69, 9.17) is 34.3 Å². The Hall–Kier alpha value is -1.92. The van der Waals surface area contributed by atoms with Gasteiger partial charge in [0.05, 0.1) is 29.1 Å². The van der Waals surface area contributed by atoms with Crippen LogP contribution in [-0.2, 0) is 0 Å². The molecule has 110 valence electrons. The number of methoxy groups -OCH3 is 1. The fraction of sp³-hybridized carbons (Fsp3) is 0.214. The molecule has 0 aliphatic heterocycles. The van der Waals surface area contributed by atoms with Crippen molar-refractivity contribution in [1.29, 1.82) is 0 Å². The van der Waals surface area contributed by atoms with Crippen LogP contribution in [-0.4, -0.2) is 22.3 Å². The lowest BCUT2D eigenvalue weighted by molar-refractivity contribution is 0.415. The standard InChI is InChI=1S/C14H15ClN4OS/c1-7-8(2)18-19-14(12(7)13(16)21)17-11-6-9(20-3)4-5-10(11)15/h4-6H,1-3H3,(H2,16,21)(H,17,19). The van der Waals surface area contributed by atoms with E-state index in [1.54, 1.807) is 25.3 Å². The zero-order valence-corrected chi connectivity index (χ0v) is 13.5. The third-order valence-corrected chi connectivity index (χ3v) is 3.66. The summed E-state index contributed by atoms with van der Waals surface area (Å²) in [5.74, 6) is 1.15. The maximum absolute atomic E-state index is 6.18. The molecule has 0 aliphatic carbocycles. The predicted octanol–water partition coefficient (Wildman–Crippen LogP) is 3.13. The summed E-state index contributed by atoms with van der Waals surface area (Å²) in [6.45, 7) is 3.75. The zero-order chi connectivity index (χ0) is 15.6. The maximum Gasteiger partial charge on any atom is 0.163 e. The summed E-state index contributed by atoms with van der Waals surface area (Å²) in [6.07, 6.45) is 0. The summed E-state index contributed by atoms with van der Waals surface area (Å²) >= 11 is 11.3. The van der Waals surface area contributed by atoms with Crippen LogP contribution in [0, 0.1) is 13.8 Å². The molecule has 0 bridgehead atoms. The number of anilines is 2. The van der Waals surface area contributed by atoms with Crippen LogP contribution in [0.4, 0.5) is 11.5 Å². The zero-order valence-electron chi connectivity index (χ0n) is 11.9. The second-order valence-corrected chi connectivity index (χ2v) is 5.32. The lowest BCUT2D eigenvalue weighted by Crippen LogP contribution is -2.17. The number of hydrogen-bond donors (Lipinski definition) is 2. The van der Waals surface area contributed by atoms with Crippen molar-refractivity contribution in [3.8, 4) is 5.75 Å². The van der Waals surface area contributed by atoms with Crippen molar-refractivity contribution in [3.63, 3.8) is 0 Å². The Balaban J connectivity index is 2.49. The van der Waals surface area contributed by atoms with Crippen LogP contribution < -0.4 is 15.8 Å². The van der Waals surface area contributed by atoms with E-state index < -0.39 is 0 Å². The van der Waals surface area contributed by atoms with E-state index in [0.717, 1.165) is 11.3 Å². The summed E-state index contributed by atoms with van der Waals surface area (Å²) in [6, 6.07) is 5.27. The van der Waals surface area contributed by atoms with Crippen molar-refractivity contribution >= 4 is 40.3 Å². The van der Waals surface area contributed by atoms with Crippen LogP contribution in [0.5, 0.6) is 5.75 Å². The summed E-state index contributed by atoms with van der Waals surface area (Å²) in [5.41, 5.74) is 8.77. The van der Waals surface area contributed by atoms with Gasteiger partial charge in [-0.2, -0.15) is 5.10 Å². The molecule has 1 aromatic carbocycles. The number of benzene rings is 1. The maximum atomic E-state index is 6.18. The highest BCUT2D eigenvalue weighted by molar-refractivity contribution is 7.80. The van der Waals surface area contributed by atoms with Gasteiger partial charge in [0.25, 0.3) is 0 Å². The highest BCUT2D eigenvalue weighted by Gasteiger charge is 2.15. The van der Waals surface area contributed by atoms with Crippen molar-refractivity contribution in [2.75, 3.05) is 12.4 Å².